The number of aryl methyl sites for hydroxylation is 1. The highest BCUT2D eigenvalue weighted by Gasteiger charge is 2.23. The van der Waals surface area contributed by atoms with Gasteiger partial charge in [0, 0.05) is 0 Å². The maximum Gasteiger partial charge on any atom is 0.287 e. The van der Waals surface area contributed by atoms with Crippen LogP contribution in [0, 0.1) is 12.8 Å². The quantitative estimate of drug-likeness (QED) is 0.773. The van der Waals surface area contributed by atoms with E-state index in [0.29, 0.717) is 5.76 Å². The molecule has 0 fully saturated rings. The fourth-order valence-electron chi connectivity index (χ4n) is 2.44. The zero-order chi connectivity index (χ0) is 15.7. The summed E-state index contributed by atoms with van der Waals surface area (Å²) in [6.45, 7) is 5.91. The summed E-state index contributed by atoms with van der Waals surface area (Å²) in [6, 6.07) is 11.1. The zero-order valence-corrected chi connectivity index (χ0v) is 12.9. The number of aromatic nitrogens is 2. The number of nitrogens with one attached hydrogen (secondary N) is 2. The molecule has 0 radical (unpaired) electrons. The molecule has 0 saturated carbocycles. The minimum absolute atomic E-state index is 0.195. The number of furan rings is 1. The van der Waals surface area contributed by atoms with Gasteiger partial charge in [0.1, 0.15) is 11.6 Å². The summed E-state index contributed by atoms with van der Waals surface area (Å²) in [5.41, 5.74) is 1.86. The molecule has 1 atom stereocenters. The van der Waals surface area contributed by atoms with Crippen LogP contribution in [0.25, 0.3) is 11.0 Å². The number of carbonyl (C=O) groups is 1. The maximum absolute atomic E-state index is 12.3. The Morgan fingerprint density at radius 3 is 2.64 bits per heavy atom. The van der Waals surface area contributed by atoms with Gasteiger partial charge in [-0.3, -0.25) is 4.79 Å². The lowest BCUT2D eigenvalue weighted by atomic mass is 10.0. The SMILES string of the molecule is Cc1ccc(C(=O)NC(c2nc3ccccc3[nH]2)C(C)C)o1. The minimum Gasteiger partial charge on any atom is -0.456 e. The monoisotopic (exact) mass is 297 g/mol. The number of amides is 1. The Kier molecular flexibility index (Phi) is 3.71. The van der Waals surface area contributed by atoms with E-state index >= 15 is 0 Å². The lowest BCUT2D eigenvalue weighted by Gasteiger charge is -2.19. The average Bonchev–Trinajstić information content (AvgIpc) is 3.09. The van der Waals surface area contributed by atoms with Crippen LogP contribution in [-0.2, 0) is 0 Å². The third-order valence-corrected chi connectivity index (χ3v) is 3.62. The topological polar surface area (TPSA) is 70.9 Å². The molecule has 0 aliphatic rings. The van der Waals surface area contributed by atoms with Crippen LogP contribution in [0.2, 0.25) is 0 Å². The Hall–Kier alpha value is -2.56. The van der Waals surface area contributed by atoms with Crippen LogP contribution in [0.1, 0.15) is 42.0 Å². The molecule has 0 spiro atoms. The van der Waals surface area contributed by atoms with E-state index in [2.05, 4.69) is 15.3 Å². The first-order valence-corrected chi connectivity index (χ1v) is 7.36. The molecular formula is C17H19N3O2. The summed E-state index contributed by atoms with van der Waals surface area (Å²) in [6.07, 6.45) is 0. The van der Waals surface area contributed by atoms with Crippen molar-refractivity contribution >= 4 is 16.9 Å². The van der Waals surface area contributed by atoms with Crippen LogP contribution in [0.15, 0.2) is 40.8 Å². The highest BCUT2D eigenvalue weighted by Crippen LogP contribution is 2.22. The van der Waals surface area contributed by atoms with Crippen molar-refractivity contribution < 1.29 is 9.21 Å². The van der Waals surface area contributed by atoms with Gasteiger partial charge in [-0.2, -0.15) is 0 Å². The number of para-hydroxylation sites is 2. The van der Waals surface area contributed by atoms with Crippen molar-refractivity contribution in [1.29, 1.82) is 0 Å². The molecule has 0 bridgehead atoms. The summed E-state index contributed by atoms with van der Waals surface area (Å²) in [5, 5.41) is 3.00. The van der Waals surface area contributed by atoms with Gasteiger partial charge in [0.05, 0.1) is 17.1 Å². The number of imidazole rings is 1. The summed E-state index contributed by atoms with van der Waals surface area (Å²) in [4.78, 5) is 20.2. The number of rotatable bonds is 4. The Balaban J connectivity index is 1.88. The molecule has 2 N–H and O–H groups in total. The van der Waals surface area contributed by atoms with Crippen molar-refractivity contribution in [2.24, 2.45) is 5.92 Å². The van der Waals surface area contributed by atoms with E-state index in [1.165, 1.54) is 0 Å². The van der Waals surface area contributed by atoms with Crippen LogP contribution in [0.3, 0.4) is 0 Å². The molecular weight excluding hydrogens is 278 g/mol. The summed E-state index contributed by atoms with van der Waals surface area (Å²) in [5.74, 6) is 1.76. The number of nitrogens with zero attached hydrogens (tertiary/aromatic N) is 1. The fraction of sp³-hybridized carbons (Fsp3) is 0.294. The summed E-state index contributed by atoms with van der Waals surface area (Å²) in [7, 11) is 0. The third-order valence-electron chi connectivity index (χ3n) is 3.62. The number of benzene rings is 1. The average molecular weight is 297 g/mol. The Morgan fingerprint density at radius 2 is 2.00 bits per heavy atom. The lowest BCUT2D eigenvalue weighted by Crippen LogP contribution is -2.32. The van der Waals surface area contributed by atoms with E-state index in [1.54, 1.807) is 12.1 Å². The van der Waals surface area contributed by atoms with Crippen molar-refractivity contribution in [3.05, 3.63) is 53.7 Å². The molecule has 114 valence electrons. The first-order chi connectivity index (χ1) is 10.5. The Bertz CT molecular complexity index is 768. The van der Waals surface area contributed by atoms with Crippen LogP contribution in [0.5, 0.6) is 0 Å². The normalized spacial score (nSPS) is 12.7. The number of fused-ring (bicyclic) bond motifs is 1. The molecule has 1 aromatic carbocycles. The van der Waals surface area contributed by atoms with Crippen molar-refractivity contribution in [2.45, 2.75) is 26.8 Å². The van der Waals surface area contributed by atoms with Gasteiger partial charge in [-0.25, -0.2) is 4.98 Å². The van der Waals surface area contributed by atoms with E-state index in [0.717, 1.165) is 22.6 Å². The van der Waals surface area contributed by atoms with Crippen LogP contribution >= 0.6 is 0 Å². The van der Waals surface area contributed by atoms with Gasteiger partial charge in [-0.05, 0) is 37.1 Å². The first-order valence-electron chi connectivity index (χ1n) is 7.36. The van der Waals surface area contributed by atoms with Crippen molar-refractivity contribution in [1.82, 2.24) is 15.3 Å². The van der Waals surface area contributed by atoms with Crippen molar-refractivity contribution in [3.63, 3.8) is 0 Å². The Labute approximate surface area is 128 Å². The zero-order valence-electron chi connectivity index (χ0n) is 12.9. The number of carbonyl (C=O) groups excluding carboxylic acids is 1. The van der Waals surface area contributed by atoms with Crippen LogP contribution in [-0.4, -0.2) is 15.9 Å². The highest BCUT2D eigenvalue weighted by molar-refractivity contribution is 5.91. The lowest BCUT2D eigenvalue weighted by molar-refractivity contribution is 0.0894. The molecule has 1 amide bonds. The molecule has 5 nitrogen and oxygen atoms in total. The summed E-state index contributed by atoms with van der Waals surface area (Å²) < 4.78 is 5.38. The predicted molar refractivity (Wildman–Crippen MR) is 84.6 cm³/mol. The fourth-order valence-corrected chi connectivity index (χ4v) is 2.44. The molecule has 5 heteroatoms. The molecule has 2 heterocycles. The molecule has 3 rings (SSSR count). The highest BCUT2D eigenvalue weighted by atomic mass is 16.3. The maximum atomic E-state index is 12.3. The predicted octanol–water partition coefficient (Wildman–Crippen LogP) is 3.59. The van der Waals surface area contributed by atoms with Gasteiger partial charge in [0.2, 0.25) is 0 Å². The van der Waals surface area contributed by atoms with Crippen molar-refractivity contribution in [3.8, 4) is 0 Å². The molecule has 0 aliphatic carbocycles. The van der Waals surface area contributed by atoms with Gasteiger partial charge >= 0.3 is 0 Å². The van der Waals surface area contributed by atoms with Crippen LogP contribution < -0.4 is 5.32 Å². The van der Waals surface area contributed by atoms with Gasteiger partial charge in [0.15, 0.2) is 5.76 Å². The number of H-pyrrole nitrogens is 1. The molecule has 2 aromatic heterocycles. The standard InChI is InChI=1S/C17H19N3O2/c1-10(2)15(20-17(21)14-9-8-11(3)22-14)16-18-12-6-4-5-7-13(12)19-16/h4-10,15H,1-3H3,(H,18,19)(H,20,21). The molecule has 1 unspecified atom stereocenters. The number of hydrogen-bond donors (Lipinski definition) is 2. The van der Waals surface area contributed by atoms with Crippen molar-refractivity contribution in [2.75, 3.05) is 0 Å². The Morgan fingerprint density at radius 1 is 1.23 bits per heavy atom. The van der Waals surface area contributed by atoms with E-state index in [1.807, 2.05) is 45.0 Å². The second kappa shape index (κ2) is 5.67. The van der Waals surface area contributed by atoms with Crippen LogP contribution in [0.4, 0.5) is 0 Å². The molecule has 0 aliphatic heterocycles. The van der Waals surface area contributed by atoms with Gasteiger partial charge < -0.3 is 14.7 Å². The number of hydrogen-bond acceptors (Lipinski definition) is 3. The second-order valence-electron chi connectivity index (χ2n) is 5.74. The van der Waals surface area contributed by atoms with Gasteiger partial charge in [0.25, 0.3) is 5.91 Å². The van der Waals surface area contributed by atoms with Gasteiger partial charge in [-0.1, -0.05) is 26.0 Å². The molecule has 3 aromatic rings. The summed E-state index contributed by atoms with van der Waals surface area (Å²) >= 11 is 0. The van der Waals surface area contributed by atoms with E-state index < -0.39 is 0 Å². The molecule has 0 saturated heterocycles. The number of aromatic amines is 1. The smallest absolute Gasteiger partial charge is 0.287 e. The van der Waals surface area contributed by atoms with E-state index in [4.69, 9.17) is 4.42 Å². The molecule has 22 heavy (non-hydrogen) atoms. The first kappa shape index (κ1) is 14.4. The van der Waals surface area contributed by atoms with E-state index in [9.17, 15) is 4.79 Å². The second-order valence-corrected chi connectivity index (χ2v) is 5.74. The van der Waals surface area contributed by atoms with E-state index in [-0.39, 0.29) is 17.9 Å². The largest absolute Gasteiger partial charge is 0.456 e. The third kappa shape index (κ3) is 2.74. The minimum atomic E-state index is -0.229. The van der Waals surface area contributed by atoms with Gasteiger partial charge in [-0.15, -0.1) is 0 Å².